The molecule has 0 spiro atoms. The zero-order valence-corrected chi connectivity index (χ0v) is 11.7. The van der Waals surface area contributed by atoms with Gasteiger partial charge in [-0.15, -0.1) is 23.1 Å². The fourth-order valence-corrected chi connectivity index (χ4v) is 2.24. The second-order valence-corrected chi connectivity index (χ2v) is 5.57. The lowest BCUT2D eigenvalue weighted by Crippen LogP contribution is -2.25. The number of hydrogen-bond donors (Lipinski definition) is 2. The van der Waals surface area contributed by atoms with Crippen LogP contribution in [0.1, 0.15) is 12.8 Å². The Hall–Kier alpha value is -1.27. The third-order valence-corrected chi connectivity index (χ3v) is 3.80. The van der Waals surface area contributed by atoms with Gasteiger partial charge in [0, 0.05) is 23.8 Å². The summed E-state index contributed by atoms with van der Waals surface area (Å²) < 4.78 is 0. The summed E-state index contributed by atoms with van der Waals surface area (Å²) in [5.74, 6) is 0.0175. The number of carbonyl (C=O) groups excluding carboxylic acids is 1. The second kappa shape index (κ2) is 6.61. The summed E-state index contributed by atoms with van der Waals surface area (Å²) >= 11 is 2.98. The van der Waals surface area contributed by atoms with Gasteiger partial charge in [0.2, 0.25) is 0 Å². The molecule has 0 atom stereocenters. The molecule has 0 aromatic carbocycles. The number of amides is 1. The maximum Gasteiger partial charge on any atom is 0.257 e. The van der Waals surface area contributed by atoms with Gasteiger partial charge in [-0.3, -0.25) is 4.79 Å². The number of allylic oxidation sites excluding steroid dienone is 2. The molecule has 1 aliphatic carbocycles. The van der Waals surface area contributed by atoms with Crippen LogP contribution in [0.2, 0.25) is 0 Å². The van der Waals surface area contributed by atoms with Gasteiger partial charge in [-0.2, -0.15) is 0 Å². The number of aromatic nitrogens is 1. The van der Waals surface area contributed by atoms with Crippen molar-refractivity contribution in [1.29, 1.82) is 0 Å². The van der Waals surface area contributed by atoms with Gasteiger partial charge in [0.05, 0.1) is 4.91 Å². The van der Waals surface area contributed by atoms with Gasteiger partial charge in [-0.1, -0.05) is 0 Å². The summed E-state index contributed by atoms with van der Waals surface area (Å²) in [7, 11) is 0. The van der Waals surface area contributed by atoms with E-state index in [1.54, 1.807) is 12.4 Å². The zero-order chi connectivity index (χ0) is 12.8. The first-order valence-electron chi connectivity index (χ1n) is 5.67. The second-order valence-electron chi connectivity index (χ2n) is 3.82. The maximum atomic E-state index is 11.8. The van der Waals surface area contributed by atoms with E-state index in [1.165, 1.54) is 23.1 Å². The van der Waals surface area contributed by atoms with Crippen molar-refractivity contribution in [3.63, 3.8) is 0 Å². The highest BCUT2D eigenvalue weighted by Crippen LogP contribution is 2.21. The summed E-state index contributed by atoms with van der Waals surface area (Å²) in [5.41, 5.74) is 0. The van der Waals surface area contributed by atoms with E-state index >= 15 is 0 Å². The van der Waals surface area contributed by atoms with E-state index in [4.69, 9.17) is 0 Å². The van der Waals surface area contributed by atoms with E-state index in [0.29, 0.717) is 6.04 Å². The molecule has 96 valence electrons. The number of carbonyl (C=O) groups is 1. The van der Waals surface area contributed by atoms with E-state index in [0.717, 1.165) is 22.9 Å². The van der Waals surface area contributed by atoms with E-state index in [-0.39, 0.29) is 5.91 Å². The molecule has 0 bridgehead atoms. The van der Waals surface area contributed by atoms with Crippen LogP contribution in [0, 0.1) is 0 Å². The van der Waals surface area contributed by atoms with Crippen molar-refractivity contribution in [1.82, 2.24) is 10.3 Å². The normalized spacial score (nSPS) is 15.9. The molecule has 1 aromatic rings. The highest BCUT2D eigenvalue weighted by Gasteiger charge is 2.24. The molecule has 0 saturated heterocycles. The van der Waals surface area contributed by atoms with E-state index in [9.17, 15) is 4.79 Å². The molecule has 0 unspecified atom stereocenters. The number of thioether (sulfide) groups is 1. The molecule has 1 aliphatic rings. The Morgan fingerprint density at radius 2 is 2.44 bits per heavy atom. The Kier molecular flexibility index (Phi) is 4.83. The average molecular weight is 281 g/mol. The SMILES string of the molecule is CSC(=CC=CNc1nccs1)C(=O)NC1CC1. The van der Waals surface area contributed by atoms with E-state index in [2.05, 4.69) is 15.6 Å². The molecular weight excluding hydrogens is 266 g/mol. The van der Waals surface area contributed by atoms with Gasteiger partial charge in [0.15, 0.2) is 5.13 Å². The van der Waals surface area contributed by atoms with Crippen LogP contribution >= 0.6 is 23.1 Å². The van der Waals surface area contributed by atoms with Crippen LogP contribution < -0.4 is 10.6 Å². The number of nitrogens with zero attached hydrogens (tertiary/aromatic N) is 1. The standard InChI is InChI=1S/C12H15N3OS2/c1-17-10(11(16)15-9-4-5-9)3-2-6-13-12-14-7-8-18-12/h2-3,6-9H,4-5H2,1H3,(H,13,14)(H,15,16). The summed E-state index contributed by atoms with van der Waals surface area (Å²) in [4.78, 5) is 16.6. The highest BCUT2D eigenvalue weighted by molar-refractivity contribution is 8.03. The topological polar surface area (TPSA) is 54.0 Å². The molecule has 4 nitrogen and oxygen atoms in total. The van der Waals surface area contributed by atoms with Crippen molar-refractivity contribution in [3.05, 3.63) is 34.8 Å². The number of rotatable bonds is 6. The lowest BCUT2D eigenvalue weighted by Gasteiger charge is -2.03. The summed E-state index contributed by atoms with van der Waals surface area (Å²) in [6.07, 6.45) is 11.3. The first-order chi connectivity index (χ1) is 8.79. The minimum absolute atomic E-state index is 0.0175. The van der Waals surface area contributed by atoms with Gasteiger partial charge < -0.3 is 10.6 Å². The molecule has 2 rings (SSSR count). The number of hydrogen-bond acceptors (Lipinski definition) is 5. The van der Waals surface area contributed by atoms with Crippen LogP contribution in [-0.4, -0.2) is 23.2 Å². The maximum absolute atomic E-state index is 11.8. The van der Waals surface area contributed by atoms with Gasteiger partial charge in [0.25, 0.3) is 5.91 Å². The quantitative estimate of drug-likeness (QED) is 0.621. The fourth-order valence-electron chi connectivity index (χ4n) is 1.27. The number of nitrogens with one attached hydrogen (secondary N) is 2. The van der Waals surface area contributed by atoms with Gasteiger partial charge >= 0.3 is 0 Å². The number of thiazole rings is 1. The van der Waals surface area contributed by atoms with Gasteiger partial charge in [-0.25, -0.2) is 4.98 Å². The van der Waals surface area contributed by atoms with Crippen LogP contribution in [0.3, 0.4) is 0 Å². The molecule has 0 radical (unpaired) electrons. The van der Waals surface area contributed by atoms with Crippen LogP contribution in [0.25, 0.3) is 0 Å². The zero-order valence-electron chi connectivity index (χ0n) is 10.1. The van der Waals surface area contributed by atoms with Crippen molar-refractivity contribution in [2.45, 2.75) is 18.9 Å². The van der Waals surface area contributed by atoms with Crippen molar-refractivity contribution < 1.29 is 4.79 Å². The lowest BCUT2D eigenvalue weighted by molar-refractivity contribution is -0.116. The summed E-state index contributed by atoms with van der Waals surface area (Å²) in [6, 6.07) is 0.394. The summed E-state index contributed by atoms with van der Waals surface area (Å²) in [6.45, 7) is 0. The lowest BCUT2D eigenvalue weighted by atomic mass is 10.4. The highest BCUT2D eigenvalue weighted by atomic mass is 32.2. The Morgan fingerprint density at radius 3 is 3.06 bits per heavy atom. The van der Waals surface area contributed by atoms with Crippen LogP contribution in [-0.2, 0) is 4.79 Å². The van der Waals surface area contributed by atoms with Gasteiger partial charge in [0.1, 0.15) is 0 Å². The predicted octanol–water partition coefficient (Wildman–Crippen LogP) is 2.59. The average Bonchev–Trinajstić information content (AvgIpc) is 3.03. The Bertz CT molecular complexity index is 450. The van der Waals surface area contributed by atoms with Gasteiger partial charge in [-0.05, 0) is 31.2 Å². The molecule has 6 heteroatoms. The van der Waals surface area contributed by atoms with Crippen LogP contribution in [0.5, 0.6) is 0 Å². The third-order valence-electron chi connectivity index (χ3n) is 2.34. The molecule has 1 fully saturated rings. The molecule has 1 saturated carbocycles. The van der Waals surface area contributed by atoms with Crippen molar-refractivity contribution in [3.8, 4) is 0 Å². The van der Waals surface area contributed by atoms with E-state index < -0.39 is 0 Å². The third kappa shape index (κ3) is 4.19. The monoisotopic (exact) mass is 281 g/mol. The summed E-state index contributed by atoms with van der Waals surface area (Å²) in [5, 5.41) is 8.75. The van der Waals surface area contributed by atoms with Crippen molar-refractivity contribution >= 4 is 34.1 Å². The minimum atomic E-state index is 0.0175. The van der Waals surface area contributed by atoms with Crippen molar-refractivity contribution in [2.24, 2.45) is 0 Å². The van der Waals surface area contributed by atoms with E-state index in [1.807, 2.05) is 23.8 Å². The molecule has 1 aromatic heterocycles. The molecule has 1 heterocycles. The van der Waals surface area contributed by atoms with Crippen LogP contribution in [0.4, 0.5) is 5.13 Å². The molecule has 1 amide bonds. The first-order valence-corrected chi connectivity index (χ1v) is 7.78. The Morgan fingerprint density at radius 1 is 1.61 bits per heavy atom. The Balaban J connectivity index is 1.84. The Labute approximate surface area is 115 Å². The molecular formula is C12H15N3OS2. The van der Waals surface area contributed by atoms with Crippen LogP contribution in [0.15, 0.2) is 34.8 Å². The smallest absolute Gasteiger partial charge is 0.257 e. The first kappa shape index (κ1) is 13.2. The largest absolute Gasteiger partial charge is 0.349 e. The predicted molar refractivity (Wildman–Crippen MR) is 77.6 cm³/mol. The fraction of sp³-hybridized carbons (Fsp3) is 0.333. The molecule has 0 aliphatic heterocycles. The molecule has 18 heavy (non-hydrogen) atoms. The molecule has 2 N–H and O–H groups in total. The number of anilines is 1. The minimum Gasteiger partial charge on any atom is -0.349 e. The van der Waals surface area contributed by atoms with Crippen molar-refractivity contribution in [2.75, 3.05) is 11.6 Å².